The lowest BCUT2D eigenvalue weighted by Crippen LogP contribution is -2.07. The highest BCUT2D eigenvalue weighted by Crippen LogP contribution is 2.18. The van der Waals surface area contributed by atoms with Crippen LogP contribution < -0.4 is 9.47 Å². The van der Waals surface area contributed by atoms with Gasteiger partial charge in [0.15, 0.2) is 0 Å². The van der Waals surface area contributed by atoms with Crippen molar-refractivity contribution in [3.05, 3.63) is 72.3 Å². The van der Waals surface area contributed by atoms with Gasteiger partial charge < -0.3 is 9.47 Å². The van der Waals surface area contributed by atoms with Crippen molar-refractivity contribution >= 4 is 5.97 Å². The van der Waals surface area contributed by atoms with Gasteiger partial charge in [0.25, 0.3) is 0 Å². The van der Waals surface area contributed by atoms with Gasteiger partial charge in [-0.2, -0.15) is 0 Å². The molecule has 2 aromatic carbocycles. The van der Waals surface area contributed by atoms with Crippen molar-refractivity contribution in [1.29, 1.82) is 0 Å². The molecule has 0 unspecified atom stereocenters. The Kier molecular flexibility index (Phi) is 8.13. The van der Waals surface area contributed by atoms with Gasteiger partial charge in [-0.3, -0.25) is 0 Å². The molecule has 0 bridgehead atoms. The average molecular weight is 298 g/mol. The quantitative estimate of drug-likeness (QED) is 0.448. The minimum absolute atomic E-state index is 0.367. The predicted molar refractivity (Wildman–Crippen MR) is 89.5 cm³/mol. The van der Waals surface area contributed by atoms with Crippen LogP contribution >= 0.6 is 0 Å². The summed E-state index contributed by atoms with van der Waals surface area (Å²) in [4.78, 5) is 11.8. The molecule has 0 radical (unpaired) electrons. The van der Waals surface area contributed by atoms with E-state index in [2.05, 4.69) is 0 Å². The Morgan fingerprint density at radius 3 is 2.14 bits per heavy atom. The molecule has 0 fully saturated rings. The van der Waals surface area contributed by atoms with Crippen molar-refractivity contribution in [2.45, 2.75) is 20.8 Å². The smallest absolute Gasteiger partial charge is 0.343 e. The summed E-state index contributed by atoms with van der Waals surface area (Å²) in [6.45, 7) is 6.47. The Morgan fingerprint density at radius 1 is 0.955 bits per heavy atom. The Labute approximate surface area is 132 Å². The molecule has 0 aliphatic heterocycles. The minimum Gasteiger partial charge on any atom is -0.490 e. The van der Waals surface area contributed by atoms with Crippen LogP contribution in [-0.2, 0) is 0 Å². The molecule has 2 aromatic rings. The van der Waals surface area contributed by atoms with Gasteiger partial charge >= 0.3 is 5.97 Å². The molecule has 0 heterocycles. The van der Waals surface area contributed by atoms with Gasteiger partial charge in [0.2, 0.25) is 0 Å². The van der Waals surface area contributed by atoms with E-state index < -0.39 is 0 Å². The lowest BCUT2D eigenvalue weighted by Gasteiger charge is -2.06. The number of carbonyl (C=O) groups excluding carboxylic acids is 1. The third-order valence-electron chi connectivity index (χ3n) is 2.63. The maximum atomic E-state index is 11.8. The molecule has 3 heteroatoms. The number of hydrogen-bond donors (Lipinski definition) is 0. The van der Waals surface area contributed by atoms with Crippen LogP contribution in [0.25, 0.3) is 0 Å². The first-order chi connectivity index (χ1) is 10.8. The maximum Gasteiger partial charge on any atom is 0.343 e. The minimum atomic E-state index is -0.367. The van der Waals surface area contributed by atoms with Gasteiger partial charge in [-0.15, -0.1) is 0 Å². The third kappa shape index (κ3) is 5.83. The van der Waals surface area contributed by atoms with Crippen LogP contribution in [-0.4, -0.2) is 12.6 Å². The summed E-state index contributed by atoms with van der Waals surface area (Å²) < 4.78 is 10.7. The highest BCUT2D eigenvalue weighted by molar-refractivity contribution is 5.90. The fourth-order valence-corrected chi connectivity index (χ4v) is 1.58. The molecule has 116 valence electrons. The second-order valence-corrected chi connectivity index (χ2v) is 4.11. The van der Waals surface area contributed by atoms with E-state index in [9.17, 15) is 4.79 Å². The first-order valence-corrected chi connectivity index (χ1v) is 7.41. The fourth-order valence-electron chi connectivity index (χ4n) is 1.58. The molecule has 22 heavy (non-hydrogen) atoms. The van der Waals surface area contributed by atoms with Crippen molar-refractivity contribution in [3.8, 4) is 11.5 Å². The van der Waals surface area contributed by atoms with Crippen molar-refractivity contribution in [1.82, 2.24) is 0 Å². The molecule has 0 N–H and O–H groups in total. The Bertz CT molecular complexity index is 571. The highest BCUT2D eigenvalue weighted by atomic mass is 16.5. The molecule has 0 aliphatic carbocycles. The Morgan fingerprint density at radius 2 is 1.55 bits per heavy atom. The van der Waals surface area contributed by atoms with E-state index in [0.29, 0.717) is 17.9 Å². The van der Waals surface area contributed by atoms with Gasteiger partial charge in [0.1, 0.15) is 18.1 Å². The largest absolute Gasteiger partial charge is 0.490 e. The second kappa shape index (κ2) is 10.2. The summed E-state index contributed by atoms with van der Waals surface area (Å²) in [6, 6.07) is 15.9. The second-order valence-electron chi connectivity index (χ2n) is 4.11. The highest BCUT2D eigenvalue weighted by Gasteiger charge is 2.07. The summed E-state index contributed by atoms with van der Waals surface area (Å²) >= 11 is 0. The summed E-state index contributed by atoms with van der Waals surface area (Å²) in [6.07, 6.45) is 3.85. The van der Waals surface area contributed by atoms with Gasteiger partial charge in [-0.25, -0.2) is 4.79 Å². The lowest BCUT2D eigenvalue weighted by atomic mass is 10.2. The van der Waals surface area contributed by atoms with Crippen molar-refractivity contribution in [2.75, 3.05) is 6.61 Å². The van der Waals surface area contributed by atoms with Gasteiger partial charge in [0.05, 0.1) is 5.56 Å². The normalized spacial score (nSPS) is 9.77. The number of hydrogen-bond acceptors (Lipinski definition) is 3. The number of rotatable bonds is 5. The zero-order chi connectivity index (χ0) is 16.2. The van der Waals surface area contributed by atoms with Crippen LogP contribution in [0.5, 0.6) is 11.5 Å². The maximum absolute atomic E-state index is 11.8. The van der Waals surface area contributed by atoms with E-state index in [0.717, 1.165) is 5.75 Å². The van der Waals surface area contributed by atoms with E-state index in [4.69, 9.17) is 9.47 Å². The van der Waals surface area contributed by atoms with Crippen LogP contribution in [0.15, 0.2) is 66.7 Å². The summed E-state index contributed by atoms with van der Waals surface area (Å²) in [5.74, 6) is 0.869. The molecule has 0 aliphatic rings. The summed E-state index contributed by atoms with van der Waals surface area (Å²) in [7, 11) is 0. The lowest BCUT2D eigenvalue weighted by molar-refractivity contribution is 0.0734. The topological polar surface area (TPSA) is 35.5 Å². The van der Waals surface area contributed by atoms with Crippen molar-refractivity contribution in [3.63, 3.8) is 0 Å². The molecule has 0 aromatic heterocycles. The average Bonchev–Trinajstić information content (AvgIpc) is 2.59. The number of carbonyl (C=O) groups is 1. The first-order valence-electron chi connectivity index (χ1n) is 7.41. The van der Waals surface area contributed by atoms with E-state index in [1.165, 1.54) is 0 Å². The predicted octanol–water partition coefficient (Wildman–Crippen LogP) is 4.89. The third-order valence-corrected chi connectivity index (χ3v) is 2.63. The molecule has 3 nitrogen and oxygen atoms in total. The molecule has 0 atom stereocenters. The summed E-state index contributed by atoms with van der Waals surface area (Å²) in [5.41, 5.74) is 0.529. The van der Waals surface area contributed by atoms with Crippen LogP contribution in [0, 0.1) is 0 Å². The van der Waals surface area contributed by atoms with Crippen molar-refractivity contribution in [2.24, 2.45) is 0 Å². The first kappa shape index (κ1) is 17.5. The van der Waals surface area contributed by atoms with Crippen LogP contribution in [0.4, 0.5) is 0 Å². The summed E-state index contributed by atoms with van der Waals surface area (Å²) in [5, 5.41) is 0. The monoisotopic (exact) mass is 298 g/mol. The molecule has 2 rings (SSSR count). The van der Waals surface area contributed by atoms with Gasteiger partial charge in [0, 0.05) is 0 Å². The van der Waals surface area contributed by atoms with Crippen LogP contribution in [0.3, 0.4) is 0 Å². The molecular formula is C19H22O3. The molecular weight excluding hydrogens is 276 g/mol. The number of allylic oxidation sites excluding steroid dienone is 1. The Balaban J connectivity index is 0.00000116. The van der Waals surface area contributed by atoms with Crippen LogP contribution in [0.1, 0.15) is 31.1 Å². The van der Waals surface area contributed by atoms with E-state index in [-0.39, 0.29) is 5.97 Å². The fraction of sp³-hybridized carbons (Fsp3) is 0.211. The molecule has 0 saturated carbocycles. The number of benzene rings is 2. The molecule has 0 amide bonds. The Hall–Kier alpha value is -2.55. The van der Waals surface area contributed by atoms with E-state index in [1.807, 2.05) is 39.0 Å². The molecule has 0 saturated heterocycles. The zero-order valence-electron chi connectivity index (χ0n) is 13.3. The van der Waals surface area contributed by atoms with Gasteiger partial charge in [-0.1, -0.05) is 44.2 Å². The molecule has 0 spiro atoms. The number of ether oxygens (including phenoxy) is 2. The van der Waals surface area contributed by atoms with Gasteiger partial charge in [-0.05, 0) is 43.3 Å². The van der Waals surface area contributed by atoms with Crippen molar-refractivity contribution < 1.29 is 14.3 Å². The van der Waals surface area contributed by atoms with E-state index >= 15 is 0 Å². The van der Waals surface area contributed by atoms with E-state index in [1.54, 1.807) is 48.5 Å². The number of esters is 1. The standard InChI is InChI=1S/C17H16O3.C2H6/c1-2-3-13-19-15-9-11-16(12-10-15)20-17(18)14-7-5-4-6-8-14;1-2/h2-12H,13H2,1H3;1-2H3/b3-2+;. The zero-order valence-corrected chi connectivity index (χ0v) is 13.3. The SMILES string of the molecule is C/C=C/COc1ccc(OC(=O)c2ccccc2)cc1.CC. The van der Waals surface area contributed by atoms with Crippen LogP contribution in [0.2, 0.25) is 0 Å².